The second kappa shape index (κ2) is 6.99. The highest BCUT2D eigenvalue weighted by Crippen LogP contribution is 2.24. The van der Waals surface area contributed by atoms with Gasteiger partial charge in [0.05, 0.1) is 6.54 Å². The molecule has 0 fully saturated rings. The van der Waals surface area contributed by atoms with Crippen molar-refractivity contribution in [2.24, 2.45) is 0 Å². The van der Waals surface area contributed by atoms with Gasteiger partial charge in [-0.2, -0.15) is 0 Å². The molecule has 23 heavy (non-hydrogen) atoms. The lowest BCUT2D eigenvalue weighted by molar-refractivity contribution is -0.670. The summed E-state index contributed by atoms with van der Waals surface area (Å²) in [5.74, 6) is 0. The second-order valence-electron chi connectivity index (χ2n) is 5.71. The smallest absolute Gasteiger partial charge is 0.336 e. The zero-order chi connectivity index (χ0) is 16.2. The fourth-order valence-electron chi connectivity index (χ4n) is 2.69. The van der Waals surface area contributed by atoms with Crippen LogP contribution in [0, 0.1) is 6.92 Å². The van der Waals surface area contributed by atoms with Crippen LogP contribution < -0.4 is 10.9 Å². The summed E-state index contributed by atoms with van der Waals surface area (Å²) in [6, 6.07) is 15.7. The largest absolute Gasteiger partial charge is 0.423 e. The molecule has 1 aromatic heterocycles. The number of hydrogen-bond donors (Lipinski definition) is 1. The van der Waals surface area contributed by atoms with E-state index in [9.17, 15) is 4.79 Å². The standard InChI is InChI=1S/C19H18ClNO2/c1-13-9-18-16(11-17(13)20)15(10-19(22)23-18)12-21-8-7-14-5-3-2-4-6-14/h2-6,9-11,21H,7-8,12H2,1H3/p+1. The van der Waals surface area contributed by atoms with E-state index in [1.807, 2.05) is 25.1 Å². The average molecular weight is 329 g/mol. The Morgan fingerprint density at radius 3 is 2.70 bits per heavy atom. The van der Waals surface area contributed by atoms with Crippen LogP contribution in [-0.2, 0) is 13.0 Å². The molecule has 3 nitrogen and oxygen atoms in total. The molecular weight excluding hydrogens is 310 g/mol. The van der Waals surface area contributed by atoms with Gasteiger partial charge in [-0.05, 0) is 30.2 Å². The van der Waals surface area contributed by atoms with E-state index in [1.165, 1.54) is 5.56 Å². The summed E-state index contributed by atoms with van der Waals surface area (Å²) >= 11 is 6.21. The first-order chi connectivity index (χ1) is 11.1. The number of hydrogen-bond acceptors (Lipinski definition) is 2. The molecule has 2 N–H and O–H groups in total. The van der Waals surface area contributed by atoms with Gasteiger partial charge in [-0.25, -0.2) is 4.79 Å². The number of nitrogens with two attached hydrogens (primary N) is 1. The zero-order valence-electron chi connectivity index (χ0n) is 13.0. The summed E-state index contributed by atoms with van der Waals surface area (Å²) in [4.78, 5) is 11.7. The minimum atomic E-state index is -0.314. The topological polar surface area (TPSA) is 46.8 Å². The average Bonchev–Trinajstić information content (AvgIpc) is 2.54. The predicted octanol–water partition coefficient (Wildman–Crippen LogP) is 3.06. The summed E-state index contributed by atoms with van der Waals surface area (Å²) in [5.41, 5.74) is 3.48. The van der Waals surface area contributed by atoms with Crippen LogP contribution in [0.5, 0.6) is 0 Å². The molecule has 0 saturated heterocycles. The molecule has 0 spiro atoms. The van der Waals surface area contributed by atoms with E-state index in [2.05, 4.69) is 29.6 Å². The Bertz CT molecular complexity index is 872. The Morgan fingerprint density at radius 2 is 1.91 bits per heavy atom. The highest BCUT2D eigenvalue weighted by atomic mass is 35.5. The molecule has 3 rings (SSSR count). The van der Waals surface area contributed by atoms with E-state index < -0.39 is 0 Å². The van der Waals surface area contributed by atoms with Crippen molar-refractivity contribution in [1.29, 1.82) is 0 Å². The van der Waals surface area contributed by atoms with Gasteiger partial charge < -0.3 is 9.73 Å². The van der Waals surface area contributed by atoms with E-state index in [4.69, 9.17) is 16.0 Å². The van der Waals surface area contributed by atoms with Crippen LogP contribution in [0.3, 0.4) is 0 Å². The van der Waals surface area contributed by atoms with Crippen molar-refractivity contribution in [2.45, 2.75) is 19.9 Å². The first-order valence-corrected chi connectivity index (χ1v) is 8.10. The van der Waals surface area contributed by atoms with Crippen molar-refractivity contribution in [3.05, 3.63) is 80.7 Å². The van der Waals surface area contributed by atoms with Crippen LogP contribution in [0.15, 0.2) is 57.7 Å². The van der Waals surface area contributed by atoms with Crippen LogP contribution in [0.25, 0.3) is 11.0 Å². The van der Waals surface area contributed by atoms with E-state index in [1.54, 1.807) is 6.07 Å². The fourth-order valence-corrected chi connectivity index (χ4v) is 2.85. The lowest BCUT2D eigenvalue weighted by Gasteiger charge is -2.07. The van der Waals surface area contributed by atoms with Gasteiger partial charge in [0.15, 0.2) is 0 Å². The third-order valence-electron chi connectivity index (χ3n) is 3.95. The first-order valence-electron chi connectivity index (χ1n) is 7.72. The van der Waals surface area contributed by atoms with E-state index in [0.29, 0.717) is 10.6 Å². The molecule has 2 aromatic carbocycles. The molecule has 0 atom stereocenters. The van der Waals surface area contributed by atoms with Gasteiger partial charge in [-0.15, -0.1) is 0 Å². The van der Waals surface area contributed by atoms with Crippen molar-refractivity contribution in [3.63, 3.8) is 0 Å². The molecule has 4 heteroatoms. The Balaban J connectivity index is 1.74. The van der Waals surface area contributed by atoms with Crippen LogP contribution in [0.4, 0.5) is 0 Å². The predicted molar refractivity (Wildman–Crippen MR) is 92.9 cm³/mol. The molecule has 0 aliphatic carbocycles. The van der Waals surface area contributed by atoms with Gasteiger partial charge in [-0.3, -0.25) is 0 Å². The Morgan fingerprint density at radius 1 is 1.13 bits per heavy atom. The number of benzene rings is 2. The molecule has 0 aliphatic heterocycles. The molecule has 0 unspecified atom stereocenters. The Labute approximate surface area is 139 Å². The molecule has 1 heterocycles. The normalized spacial score (nSPS) is 11.0. The van der Waals surface area contributed by atoms with E-state index in [0.717, 1.165) is 36.0 Å². The third kappa shape index (κ3) is 3.81. The van der Waals surface area contributed by atoms with Gasteiger partial charge in [-0.1, -0.05) is 41.9 Å². The number of fused-ring (bicyclic) bond motifs is 1. The monoisotopic (exact) mass is 328 g/mol. The molecule has 0 saturated carbocycles. The molecule has 0 amide bonds. The summed E-state index contributed by atoms with van der Waals surface area (Å²) in [6.07, 6.45) is 1.00. The minimum Gasteiger partial charge on any atom is -0.423 e. The highest BCUT2D eigenvalue weighted by molar-refractivity contribution is 6.32. The zero-order valence-corrected chi connectivity index (χ0v) is 13.8. The van der Waals surface area contributed by atoms with Crippen molar-refractivity contribution >= 4 is 22.6 Å². The summed E-state index contributed by atoms with van der Waals surface area (Å²) in [5, 5.41) is 3.81. The minimum absolute atomic E-state index is 0.314. The van der Waals surface area contributed by atoms with Crippen molar-refractivity contribution in [3.8, 4) is 0 Å². The molecular formula is C19H19ClNO2+. The first kappa shape index (κ1) is 15.8. The third-order valence-corrected chi connectivity index (χ3v) is 4.36. The summed E-state index contributed by atoms with van der Waals surface area (Å²) < 4.78 is 5.29. The van der Waals surface area contributed by atoms with Gasteiger partial charge in [0.25, 0.3) is 0 Å². The SMILES string of the molecule is Cc1cc2oc(=O)cc(C[NH2+]CCc3ccccc3)c2cc1Cl. The van der Waals surface area contributed by atoms with E-state index >= 15 is 0 Å². The second-order valence-corrected chi connectivity index (χ2v) is 6.11. The molecule has 118 valence electrons. The number of halogens is 1. The van der Waals surface area contributed by atoms with Gasteiger partial charge in [0.1, 0.15) is 12.1 Å². The van der Waals surface area contributed by atoms with Crippen LogP contribution in [0.2, 0.25) is 5.02 Å². The van der Waals surface area contributed by atoms with Gasteiger partial charge >= 0.3 is 5.63 Å². The van der Waals surface area contributed by atoms with Crippen molar-refractivity contribution in [2.75, 3.05) is 6.54 Å². The van der Waals surface area contributed by atoms with Gasteiger partial charge in [0, 0.05) is 28.5 Å². The van der Waals surface area contributed by atoms with E-state index in [-0.39, 0.29) is 5.63 Å². The maximum Gasteiger partial charge on any atom is 0.336 e. The lowest BCUT2D eigenvalue weighted by atomic mass is 10.1. The molecule has 0 radical (unpaired) electrons. The Kier molecular flexibility index (Phi) is 4.79. The quantitative estimate of drug-likeness (QED) is 0.578. The maximum absolute atomic E-state index is 11.7. The van der Waals surface area contributed by atoms with Crippen LogP contribution in [-0.4, -0.2) is 6.54 Å². The number of quaternary nitrogens is 1. The van der Waals surface area contributed by atoms with Crippen LogP contribution >= 0.6 is 11.6 Å². The van der Waals surface area contributed by atoms with Crippen molar-refractivity contribution in [1.82, 2.24) is 0 Å². The molecule has 0 bridgehead atoms. The maximum atomic E-state index is 11.7. The fraction of sp³-hybridized carbons (Fsp3) is 0.211. The number of aryl methyl sites for hydroxylation is 1. The summed E-state index contributed by atoms with van der Waals surface area (Å²) in [7, 11) is 0. The summed E-state index contributed by atoms with van der Waals surface area (Å²) in [6.45, 7) is 3.60. The van der Waals surface area contributed by atoms with Gasteiger partial charge in [0.2, 0.25) is 0 Å². The number of rotatable bonds is 5. The van der Waals surface area contributed by atoms with Crippen molar-refractivity contribution < 1.29 is 9.73 Å². The highest BCUT2D eigenvalue weighted by Gasteiger charge is 2.09. The Hall–Kier alpha value is -2.10. The van der Waals surface area contributed by atoms with Crippen LogP contribution in [0.1, 0.15) is 16.7 Å². The molecule has 3 aromatic rings. The lowest BCUT2D eigenvalue weighted by Crippen LogP contribution is -2.83. The molecule has 0 aliphatic rings.